The fourth-order valence-electron chi connectivity index (χ4n) is 1.90. The first-order valence-electron chi connectivity index (χ1n) is 5.80. The van der Waals surface area contributed by atoms with Gasteiger partial charge in [0, 0.05) is 13.1 Å². The first kappa shape index (κ1) is 13.7. The molecular weight excluding hydrogens is 218 g/mol. The Balaban J connectivity index is 2.81. The minimum atomic E-state index is -0.351. The van der Waals surface area contributed by atoms with E-state index in [0.29, 0.717) is 12.5 Å². The van der Waals surface area contributed by atoms with Gasteiger partial charge in [-0.05, 0) is 18.1 Å². The van der Waals surface area contributed by atoms with Gasteiger partial charge in [0.25, 0.3) is 0 Å². The van der Waals surface area contributed by atoms with E-state index in [4.69, 9.17) is 15.9 Å². The fraction of sp³-hybridized carbons (Fsp3) is 0.583. The molecule has 5 nitrogen and oxygen atoms in total. The molecule has 0 saturated heterocycles. The summed E-state index contributed by atoms with van der Waals surface area (Å²) in [5.74, 6) is 0.850. The highest BCUT2D eigenvalue weighted by Gasteiger charge is 2.23. The highest BCUT2D eigenvalue weighted by molar-refractivity contribution is 5.76. The molecule has 0 radical (unpaired) electrons. The van der Waals surface area contributed by atoms with Crippen LogP contribution in [-0.2, 0) is 4.79 Å². The van der Waals surface area contributed by atoms with Gasteiger partial charge in [-0.2, -0.15) is 0 Å². The highest BCUT2D eigenvalue weighted by atomic mass is 16.3. The first-order chi connectivity index (χ1) is 8.04. The normalized spacial score (nSPS) is 13.2. The average Bonchev–Trinajstić information content (AvgIpc) is 2.70. The predicted molar refractivity (Wildman–Crippen MR) is 66.1 cm³/mol. The Bertz CT molecular complexity index is 336. The Morgan fingerprint density at radius 3 is 2.65 bits per heavy atom. The summed E-state index contributed by atoms with van der Waals surface area (Å²) >= 11 is 0. The van der Waals surface area contributed by atoms with Crippen LogP contribution in [0.5, 0.6) is 0 Å². The van der Waals surface area contributed by atoms with Crippen LogP contribution in [0.2, 0.25) is 0 Å². The van der Waals surface area contributed by atoms with E-state index in [9.17, 15) is 4.79 Å². The summed E-state index contributed by atoms with van der Waals surface area (Å²) in [5.41, 5.74) is 11.0. The van der Waals surface area contributed by atoms with Crippen LogP contribution < -0.4 is 11.5 Å². The van der Waals surface area contributed by atoms with E-state index in [0.717, 1.165) is 12.3 Å². The van der Waals surface area contributed by atoms with Crippen molar-refractivity contribution in [3.05, 3.63) is 24.2 Å². The zero-order valence-electron chi connectivity index (χ0n) is 10.4. The number of furan rings is 1. The van der Waals surface area contributed by atoms with Crippen LogP contribution >= 0.6 is 0 Å². The van der Waals surface area contributed by atoms with E-state index in [1.807, 2.05) is 17.0 Å². The monoisotopic (exact) mass is 239 g/mol. The Morgan fingerprint density at radius 2 is 2.24 bits per heavy atom. The molecule has 0 saturated carbocycles. The molecule has 1 amide bonds. The SMILES string of the molecule is CC(C)CN(CC(N)=O)C(CN)c1ccco1. The molecule has 96 valence electrons. The standard InChI is InChI=1S/C12H21N3O2/c1-9(2)7-15(8-12(14)16)10(6-13)11-4-3-5-17-11/h3-5,9-10H,6-8,13H2,1-2H3,(H2,14,16). The van der Waals surface area contributed by atoms with Crippen molar-refractivity contribution in [2.24, 2.45) is 17.4 Å². The molecule has 0 fully saturated rings. The van der Waals surface area contributed by atoms with E-state index in [2.05, 4.69) is 13.8 Å². The fourth-order valence-corrected chi connectivity index (χ4v) is 1.90. The molecule has 4 N–H and O–H groups in total. The molecule has 0 aliphatic carbocycles. The van der Waals surface area contributed by atoms with Crippen molar-refractivity contribution < 1.29 is 9.21 Å². The summed E-state index contributed by atoms with van der Waals surface area (Å²) in [6.07, 6.45) is 1.61. The topological polar surface area (TPSA) is 85.5 Å². The van der Waals surface area contributed by atoms with Gasteiger partial charge in [-0.3, -0.25) is 9.69 Å². The summed E-state index contributed by atoms with van der Waals surface area (Å²) in [6, 6.07) is 3.58. The summed E-state index contributed by atoms with van der Waals surface area (Å²) < 4.78 is 5.36. The van der Waals surface area contributed by atoms with Crippen molar-refractivity contribution in [3.8, 4) is 0 Å². The zero-order valence-corrected chi connectivity index (χ0v) is 10.4. The quantitative estimate of drug-likeness (QED) is 0.734. The Labute approximate surface area is 102 Å². The lowest BCUT2D eigenvalue weighted by atomic mass is 10.1. The summed E-state index contributed by atoms with van der Waals surface area (Å²) in [6.45, 7) is 5.52. The molecule has 1 unspecified atom stereocenters. The Kier molecular flexibility index (Phi) is 5.18. The molecule has 0 aromatic carbocycles. The number of rotatable bonds is 7. The lowest BCUT2D eigenvalue weighted by molar-refractivity contribution is -0.119. The zero-order chi connectivity index (χ0) is 12.8. The smallest absolute Gasteiger partial charge is 0.231 e. The van der Waals surface area contributed by atoms with E-state index in [1.165, 1.54) is 0 Å². The Hall–Kier alpha value is -1.33. The molecule has 17 heavy (non-hydrogen) atoms. The van der Waals surface area contributed by atoms with E-state index in [-0.39, 0.29) is 18.5 Å². The van der Waals surface area contributed by atoms with Crippen molar-refractivity contribution in [1.29, 1.82) is 0 Å². The van der Waals surface area contributed by atoms with Gasteiger partial charge < -0.3 is 15.9 Å². The van der Waals surface area contributed by atoms with Gasteiger partial charge in [-0.1, -0.05) is 13.8 Å². The van der Waals surface area contributed by atoms with Gasteiger partial charge in [0.05, 0.1) is 18.8 Å². The number of carbonyl (C=O) groups is 1. The van der Waals surface area contributed by atoms with Crippen LogP contribution in [0.15, 0.2) is 22.8 Å². The average molecular weight is 239 g/mol. The maximum atomic E-state index is 11.1. The number of primary amides is 1. The molecule has 0 bridgehead atoms. The number of carbonyl (C=O) groups excluding carboxylic acids is 1. The first-order valence-corrected chi connectivity index (χ1v) is 5.80. The van der Waals surface area contributed by atoms with Crippen molar-refractivity contribution in [1.82, 2.24) is 4.90 Å². The maximum Gasteiger partial charge on any atom is 0.231 e. The second-order valence-electron chi connectivity index (χ2n) is 4.56. The largest absolute Gasteiger partial charge is 0.468 e. The summed E-state index contributed by atoms with van der Waals surface area (Å²) in [5, 5.41) is 0. The van der Waals surface area contributed by atoms with Gasteiger partial charge in [0.1, 0.15) is 5.76 Å². The lowest BCUT2D eigenvalue weighted by Crippen LogP contribution is -2.41. The molecule has 1 heterocycles. The third kappa shape index (κ3) is 4.20. The molecule has 5 heteroatoms. The molecule has 1 rings (SSSR count). The second-order valence-corrected chi connectivity index (χ2v) is 4.56. The van der Waals surface area contributed by atoms with Crippen LogP contribution in [0, 0.1) is 5.92 Å². The van der Waals surface area contributed by atoms with E-state index >= 15 is 0 Å². The second kappa shape index (κ2) is 6.42. The van der Waals surface area contributed by atoms with E-state index < -0.39 is 0 Å². The van der Waals surface area contributed by atoms with Crippen molar-refractivity contribution >= 4 is 5.91 Å². The van der Waals surface area contributed by atoms with Crippen LogP contribution in [0.25, 0.3) is 0 Å². The van der Waals surface area contributed by atoms with Gasteiger partial charge in [-0.25, -0.2) is 0 Å². The van der Waals surface area contributed by atoms with Gasteiger partial charge in [0.15, 0.2) is 0 Å². The molecule has 0 aliphatic heterocycles. The van der Waals surface area contributed by atoms with Crippen molar-refractivity contribution in [3.63, 3.8) is 0 Å². The van der Waals surface area contributed by atoms with Crippen LogP contribution in [0.1, 0.15) is 25.6 Å². The minimum Gasteiger partial charge on any atom is -0.468 e. The van der Waals surface area contributed by atoms with Gasteiger partial charge in [0.2, 0.25) is 5.91 Å². The van der Waals surface area contributed by atoms with Gasteiger partial charge >= 0.3 is 0 Å². The van der Waals surface area contributed by atoms with Crippen molar-refractivity contribution in [2.45, 2.75) is 19.9 Å². The predicted octanol–water partition coefficient (Wildman–Crippen LogP) is 0.723. The highest BCUT2D eigenvalue weighted by Crippen LogP contribution is 2.20. The van der Waals surface area contributed by atoms with Crippen LogP contribution in [-0.4, -0.2) is 30.4 Å². The lowest BCUT2D eigenvalue weighted by Gasteiger charge is -2.29. The number of hydrogen-bond acceptors (Lipinski definition) is 4. The van der Waals surface area contributed by atoms with Gasteiger partial charge in [-0.15, -0.1) is 0 Å². The molecule has 0 aliphatic rings. The number of amides is 1. The molecule has 0 spiro atoms. The molecule has 1 atom stereocenters. The van der Waals surface area contributed by atoms with Crippen LogP contribution in [0.4, 0.5) is 0 Å². The minimum absolute atomic E-state index is 0.0973. The van der Waals surface area contributed by atoms with Crippen molar-refractivity contribution in [2.75, 3.05) is 19.6 Å². The Morgan fingerprint density at radius 1 is 1.53 bits per heavy atom. The third-order valence-electron chi connectivity index (χ3n) is 2.49. The van der Waals surface area contributed by atoms with E-state index in [1.54, 1.807) is 6.26 Å². The molecular formula is C12H21N3O2. The molecule has 1 aromatic heterocycles. The molecule has 1 aromatic rings. The van der Waals surface area contributed by atoms with Crippen LogP contribution in [0.3, 0.4) is 0 Å². The number of nitrogens with two attached hydrogens (primary N) is 2. The number of hydrogen-bond donors (Lipinski definition) is 2. The summed E-state index contributed by atoms with van der Waals surface area (Å²) in [7, 11) is 0. The number of nitrogens with zero attached hydrogens (tertiary/aromatic N) is 1. The maximum absolute atomic E-state index is 11.1. The summed E-state index contributed by atoms with van der Waals surface area (Å²) in [4.78, 5) is 13.1. The third-order valence-corrected chi connectivity index (χ3v) is 2.49.